The molecule has 4 rings (SSSR count). The number of rotatable bonds is 6. The molecular weight excluding hydrogens is 394 g/mol. The molecule has 0 bridgehead atoms. The highest BCUT2D eigenvalue weighted by Crippen LogP contribution is 2.33. The van der Waals surface area contributed by atoms with Gasteiger partial charge in [0, 0.05) is 12.6 Å². The van der Waals surface area contributed by atoms with Gasteiger partial charge in [-0.1, -0.05) is 35.6 Å². The van der Waals surface area contributed by atoms with Gasteiger partial charge in [-0.15, -0.1) is 10.2 Å². The van der Waals surface area contributed by atoms with Crippen molar-refractivity contribution in [2.24, 2.45) is 0 Å². The van der Waals surface area contributed by atoms with Gasteiger partial charge in [-0.2, -0.15) is 0 Å². The number of nitrogens with zero attached hydrogens (tertiary/aromatic N) is 3. The lowest BCUT2D eigenvalue weighted by Crippen LogP contribution is -2.23. The molecule has 0 aliphatic carbocycles. The number of carbonyl (C=O) groups is 1. The molecule has 2 heterocycles. The van der Waals surface area contributed by atoms with Crippen LogP contribution in [0.4, 0.5) is 8.78 Å². The Balaban J connectivity index is 1.36. The van der Waals surface area contributed by atoms with Crippen molar-refractivity contribution >= 4 is 17.2 Å². The van der Waals surface area contributed by atoms with Crippen molar-refractivity contribution in [2.45, 2.75) is 32.0 Å². The van der Waals surface area contributed by atoms with E-state index in [0.29, 0.717) is 18.1 Å². The smallest absolute Gasteiger partial charge is 0.282 e. The molecule has 0 saturated carbocycles. The molecule has 1 atom stereocenters. The number of nitrogens with one attached hydrogen (secondary N) is 1. The largest absolute Gasteiger partial charge is 0.346 e. The molecule has 1 fully saturated rings. The number of likely N-dealkylation sites (tertiary alicyclic amines) is 1. The number of aromatic nitrogens is 2. The fourth-order valence-electron chi connectivity index (χ4n) is 3.52. The second-order valence-corrected chi connectivity index (χ2v) is 8.05. The first-order valence-electron chi connectivity index (χ1n) is 9.43. The minimum Gasteiger partial charge on any atom is -0.346 e. The summed E-state index contributed by atoms with van der Waals surface area (Å²) in [6.45, 7) is 1.82. The molecule has 1 aromatic heterocycles. The van der Waals surface area contributed by atoms with E-state index in [1.165, 1.54) is 35.6 Å². The van der Waals surface area contributed by atoms with Crippen LogP contribution in [0.1, 0.15) is 44.8 Å². The predicted molar refractivity (Wildman–Crippen MR) is 106 cm³/mol. The molecule has 150 valence electrons. The number of amides is 1. The van der Waals surface area contributed by atoms with Gasteiger partial charge < -0.3 is 5.32 Å². The maximum absolute atomic E-state index is 13.2. The molecule has 1 N–H and O–H groups in total. The Hall–Kier alpha value is -2.71. The number of carbonyl (C=O) groups excluding carboxylic acids is 1. The van der Waals surface area contributed by atoms with Crippen LogP contribution in [-0.4, -0.2) is 27.5 Å². The van der Waals surface area contributed by atoms with Crippen LogP contribution in [0.15, 0.2) is 48.5 Å². The van der Waals surface area contributed by atoms with Crippen LogP contribution in [-0.2, 0) is 13.1 Å². The van der Waals surface area contributed by atoms with Crippen molar-refractivity contribution in [3.05, 3.63) is 81.3 Å². The van der Waals surface area contributed by atoms with Gasteiger partial charge in [-0.3, -0.25) is 9.69 Å². The highest BCUT2D eigenvalue weighted by atomic mass is 32.1. The standard InChI is InChI=1S/C21H20F2N4OS/c22-16-7-3-14(4-8-16)12-24-20(28)21-26-25-19(29-21)13-27-11-1-2-18(27)15-5-9-17(23)10-6-15/h3-10,18H,1-2,11-13H2,(H,24,28). The molecule has 1 aliphatic rings. The van der Waals surface area contributed by atoms with Gasteiger partial charge in [0.15, 0.2) is 0 Å². The van der Waals surface area contributed by atoms with Crippen molar-refractivity contribution in [1.29, 1.82) is 0 Å². The SMILES string of the molecule is O=C(NCc1ccc(F)cc1)c1nnc(CN2CCCC2c2ccc(F)cc2)s1. The maximum atomic E-state index is 13.2. The van der Waals surface area contributed by atoms with Crippen LogP contribution in [0.5, 0.6) is 0 Å². The second-order valence-electron chi connectivity index (χ2n) is 6.99. The summed E-state index contributed by atoms with van der Waals surface area (Å²) in [6, 6.07) is 12.8. The normalized spacial score (nSPS) is 16.8. The lowest BCUT2D eigenvalue weighted by atomic mass is 10.0. The summed E-state index contributed by atoms with van der Waals surface area (Å²) >= 11 is 1.27. The van der Waals surface area contributed by atoms with Crippen LogP contribution in [0.3, 0.4) is 0 Å². The zero-order valence-corrected chi connectivity index (χ0v) is 16.5. The van der Waals surface area contributed by atoms with Crippen LogP contribution in [0.25, 0.3) is 0 Å². The average molecular weight is 414 g/mol. The summed E-state index contributed by atoms with van der Waals surface area (Å²) in [5, 5.41) is 12.0. The van der Waals surface area contributed by atoms with E-state index in [9.17, 15) is 13.6 Å². The first-order valence-corrected chi connectivity index (χ1v) is 10.2. The van der Waals surface area contributed by atoms with E-state index in [1.54, 1.807) is 12.1 Å². The van der Waals surface area contributed by atoms with Gasteiger partial charge >= 0.3 is 0 Å². The Morgan fingerprint density at radius 3 is 2.48 bits per heavy atom. The Labute approximate surface area is 171 Å². The lowest BCUT2D eigenvalue weighted by molar-refractivity contribution is 0.0950. The van der Waals surface area contributed by atoms with Crippen LogP contribution in [0, 0.1) is 11.6 Å². The molecule has 8 heteroatoms. The van der Waals surface area contributed by atoms with E-state index in [-0.39, 0.29) is 23.6 Å². The summed E-state index contributed by atoms with van der Waals surface area (Å²) in [7, 11) is 0. The predicted octanol–water partition coefficient (Wildman–Crippen LogP) is 4.08. The zero-order valence-electron chi connectivity index (χ0n) is 15.6. The Kier molecular flexibility index (Phi) is 5.92. The van der Waals surface area contributed by atoms with Gasteiger partial charge in [0.25, 0.3) is 5.91 Å². The Morgan fingerprint density at radius 1 is 1.07 bits per heavy atom. The van der Waals surface area contributed by atoms with Gasteiger partial charge in [-0.25, -0.2) is 8.78 Å². The first kappa shape index (κ1) is 19.6. The minimum absolute atomic E-state index is 0.218. The van der Waals surface area contributed by atoms with E-state index in [4.69, 9.17) is 0 Å². The van der Waals surface area contributed by atoms with Gasteiger partial charge in [-0.05, 0) is 54.8 Å². The summed E-state index contributed by atoms with van der Waals surface area (Å²) in [4.78, 5) is 14.6. The van der Waals surface area contributed by atoms with Crippen molar-refractivity contribution < 1.29 is 13.6 Å². The number of hydrogen-bond donors (Lipinski definition) is 1. The molecule has 1 saturated heterocycles. The van der Waals surface area contributed by atoms with Crippen LogP contribution < -0.4 is 5.32 Å². The summed E-state index contributed by atoms with van der Waals surface area (Å²) in [6.07, 6.45) is 2.07. The summed E-state index contributed by atoms with van der Waals surface area (Å²) < 4.78 is 26.1. The molecule has 0 radical (unpaired) electrons. The first-order chi connectivity index (χ1) is 14.1. The van der Waals surface area contributed by atoms with E-state index in [2.05, 4.69) is 20.4 Å². The van der Waals surface area contributed by atoms with Crippen molar-refractivity contribution in [3.8, 4) is 0 Å². The van der Waals surface area contributed by atoms with Gasteiger partial charge in [0.05, 0.1) is 6.54 Å². The Morgan fingerprint density at radius 2 is 1.76 bits per heavy atom. The van der Waals surface area contributed by atoms with Gasteiger partial charge in [0.1, 0.15) is 16.6 Å². The van der Waals surface area contributed by atoms with E-state index >= 15 is 0 Å². The third-order valence-electron chi connectivity index (χ3n) is 4.98. The van der Waals surface area contributed by atoms with E-state index in [0.717, 1.165) is 35.5 Å². The molecule has 1 unspecified atom stereocenters. The zero-order chi connectivity index (χ0) is 20.2. The molecule has 5 nitrogen and oxygen atoms in total. The van der Waals surface area contributed by atoms with Crippen LogP contribution in [0.2, 0.25) is 0 Å². The third kappa shape index (κ3) is 4.83. The number of benzene rings is 2. The summed E-state index contributed by atoms with van der Waals surface area (Å²) in [5.41, 5.74) is 1.90. The monoisotopic (exact) mass is 414 g/mol. The van der Waals surface area contributed by atoms with Gasteiger partial charge in [0.2, 0.25) is 5.01 Å². The molecular formula is C21H20F2N4OS. The van der Waals surface area contributed by atoms with E-state index in [1.807, 2.05) is 12.1 Å². The van der Waals surface area contributed by atoms with Crippen molar-refractivity contribution in [3.63, 3.8) is 0 Å². The fourth-order valence-corrected chi connectivity index (χ4v) is 4.30. The average Bonchev–Trinajstić information content (AvgIpc) is 3.38. The fraction of sp³-hybridized carbons (Fsp3) is 0.286. The topological polar surface area (TPSA) is 58.1 Å². The van der Waals surface area contributed by atoms with Crippen LogP contribution >= 0.6 is 11.3 Å². The highest BCUT2D eigenvalue weighted by molar-refractivity contribution is 7.13. The minimum atomic E-state index is -0.310. The summed E-state index contributed by atoms with van der Waals surface area (Å²) in [5.74, 6) is -0.844. The Bertz CT molecular complexity index is 975. The quantitative estimate of drug-likeness (QED) is 0.660. The molecule has 2 aromatic carbocycles. The molecule has 1 amide bonds. The number of halogens is 2. The molecule has 29 heavy (non-hydrogen) atoms. The molecule has 1 aliphatic heterocycles. The van der Waals surface area contributed by atoms with E-state index < -0.39 is 0 Å². The molecule has 3 aromatic rings. The second kappa shape index (κ2) is 8.75. The lowest BCUT2D eigenvalue weighted by Gasteiger charge is -2.23. The van der Waals surface area contributed by atoms with Crippen molar-refractivity contribution in [2.75, 3.05) is 6.54 Å². The third-order valence-corrected chi connectivity index (χ3v) is 5.89. The molecule has 0 spiro atoms. The van der Waals surface area contributed by atoms with Crippen molar-refractivity contribution in [1.82, 2.24) is 20.4 Å². The number of hydrogen-bond acceptors (Lipinski definition) is 5. The maximum Gasteiger partial charge on any atom is 0.282 e. The highest BCUT2D eigenvalue weighted by Gasteiger charge is 2.27.